The van der Waals surface area contributed by atoms with E-state index >= 15 is 0 Å². The van der Waals surface area contributed by atoms with Crippen LogP contribution in [0.2, 0.25) is 0 Å². The number of aromatic nitrogens is 1. The maximum absolute atomic E-state index is 13.5. The van der Waals surface area contributed by atoms with Crippen LogP contribution in [0.25, 0.3) is 10.9 Å². The molecule has 1 N–H and O–H groups in total. The van der Waals surface area contributed by atoms with E-state index in [0.717, 1.165) is 30.5 Å². The minimum Gasteiger partial charge on any atom is -0.478 e. The van der Waals surface area contributed by atoms with Crippen molar-refractivity contribution >= 4 is 16.9 Å². The predicted molar refractivity (Wildman–Crippen MR) is 75.9 cm³/mol. The van der Waals surface area contributed by atoms with Crippen molar-refractivity contribution in [1.82, 2.24) is 9.88 Å². The van der Waals surface area contributed by atoms with Gasteiger partial charge in [0.1, 0.15) is 5.82 Å². The van der Waals surface area contributed by atoms with Gasteiger partial charge in [0.2, 0.25) is 0 Å². The smallest absolute Gasteiger partial charge is 0.336 e. The lowest BCUT2D eigenvalue weighted by molar-refractivity contribution is 0.0694. The highest BCUT2D eigenvalue weighted by atomic mass is 19.1. The molecule has 21 heavy (non-hydrogen) atoms. The van der Waals surface area contributed by atoms with Crippen molar-refractivity contribution in [2.45, 2.75) is 31.3 Å². The van der Waals surface area contributed by atoms with Crippen LogP contribution in [0, 0.1) is 5.82 Å². The summed E-state index contributed by atoms with van der Waals surface area (Å²) >= 11 is 0. The van der Waals surface area contributed by atoms with E-state index in [4.69, 9.17) is 0 Å². The molecule has 2 atom stereocenters. The second-order valence-corrected chi connectivity index (χ2v) is 5.93. The van der Waals surface area contributed by atoms with Crippen molar-refractivity contribution in [3.05, 3.63) is 40.8 Å². The van der Waals surface area contributed by atoms with Gasteiger partial charge in [-0.05, 0) is 38.1 Å². The molecular formula is C16H15FN2O2. The highest BCUT2D eigenvalue weighted by Crippen LogP contribution is 2.44. The van der Waals surface area contributed by atoms with Gasteiger partial charge in [0.25, 0.3) is 0 Å². The van der Waals surface area contributed by atoms with Crippen molar-refractivity contribution in [3.8, 4) is 0 Å². The monoisotopic (exact) mass is 286 g/mol. The van der Waals surface area contributed by atoms with Gasteiger partial charge in [-0.1, -0.05) is 0 Å². The number of likely N-dealkylation sites (N-methyl/N-ethyl adjacent to an activating group) is 1. The van der Waals surface area contributed by atoms with Crippen LogP contribution < -0.4 is 0 Å². The Balaban J connectivity index is 2.09. The summed E-state index contributed by atoms with van der Waals surface area (Å²) < 4.78 is 13.5. The maximum Gasteiger partial charge on any atom is 0.336 e. The van der Waals surface area contributed by atoms with E-state index in [-0.39, 0.29) is 11.6 Å². The Hall–Kier alpha value is -2.01. The number of hydrogen-bond donors (Lipinski definition) is 1. The third-order valence-corrected chi connectivity index (χ3v) is 4.88. The topological polar surface area (TPSA) is 53.4 Å². The number of hydrogen-bond acceptors (Lipinski definition) is 3. The fraction of sp³-hybridized carbons (Fsp3) is 0.375. The van der Waals surface area contributed by atoms with Crippen LogP contribution in [0.3, 0.4) is 0 Å². The molecule has 1 fully saturated rings. The highest BCUT2D eigenvalue weighted by Gasteiger charge is 2.41. The van der Waals surface area contributed by atoms with E-state index in [1.54, 1.807) is 6.07 Å². The van der Waals surface area contributed by atoms with Crippen LogP contribution in [-0.4, -0.2) is 34.0 Å². The molecule has 5 heteroatoms. The molecule has 2 bridgehead atoms. The normalized spacial score (nSPS) is 24.3. The van der Waals surface area contributed by atoms with Crippen LogP contribution in [-0.2, 0) is 6.42 Å². The van der Waals surface area contributed by atoms with E-state index in [9.17, 15) is 14.3 Å². The number of aromatic carboxylic acids is 1. The summed E-state index contributed by atoms with van der Waals surface area (Å²) in [4.78, 5) is 18.7. The molecule has 4 rings (SSSR count). The molecule has 2 aliphatic rings. The number of carboxylic acid groups (broad SMARTS) is 1. The number of nitrogens with zero attached hydrogens (tertiary/aromatic N) is 2. The molecule has 1 saturated heterocycles. The van der Waals surface area contributed by atoms with Crippen molar-refractivity contribution in [2.75, 3.05) is 7.05 Å². The molecule has 2 aliphatic heterocycles. The molecule has 108 valence electrons. The maximum atomic E-state index is 13.5. The first-order chi connectivity index (χ1) is 10.1. The summed E-state index contributed by atoms with van der Waals surface area (Å²) in [7, 11) is 2.03. The largest absolute Gasteiger partial charge is 0.478 e. The van der Waals surface area contributed by atoms with E-state index < -0.39 is 11.8 Å². The number of halogens is 1. The van der Waals surface area contributed by atoms with Gasteiger partial charge in [-0.3, -0.25) is 9.88 Å². The Morgan fingerprint density at radius 3 is 3.00 bits per heavy atom. The Kier molecular flexibility index (Phi) is 2.57. The first-order valence-electron chi connectivity index (χ1n) is 7.13. The fourth-order valence-electron chi connectivity index (χ4n) is 3.88. The zero-order valence-electron chi connectivity index (χ0n) is 11.6. The Bertz CT molecular complexity index is 774. The van der Waals surface area contributed by atoms with Gasteiger partial charge in [0.15, 0.2) is 0 Å². The molecule has 3 heterocycles. The minimum absolute atomic E-state index is 0.0880. The van der Waals surface area contributed by atoms with Gasteiger partial charge < -0.3 is 5.11 Å². The molecule has 1 aromatic carbocycles. The lowest BCUT2D eigenvalue weighted by atomic mass is 9.91. The van der Waals surface area contributed by atoms with Crippen LogP contribution in [0.15, 0.2) is 18.2 Å². The summed E-state index contributed by atoms with van der Waals surface area (Å²) in [6.07, 6.45) is 2.77. The SMILES string of the molecule is CN1C2CCC1c1c(nc3ccc(F)cc3c1C(=O)O)C2. The third-order valence-electron chi connectivity index (χ3n) is 4.88. The predicted octanol–water partition coefficient (Wildman–Crippen LogP) is 2.76. The number of pyridine rings is 1. The standard InChI is InChI=1S/C16H15FN2O2/c1-19-9-3-5-13(19)15-12(7-9)18-11-4-2-8(17)6-10(11)14(15)16(20)21/h2,4,6,9,13H,3,5,7H2,1H3,(H,20,21). The molecular weight excluding hydrogens is 271 g/mol. The number of carboxylic acids is 1. The van der Waals surface area contributed by atoms with E-state index in [1.807, 2.05) is 7.05 Å². The second-order valence-electron chi connectivity index (χ2n) is 5.93. The fourth-order valence-corrected chi connectivity index (χ4v) is 3.88. The minimum atomic E-state index is -0.997. The molecule has 0 aliphatic carbocycles. The van der Waals surface area contributed by atoms with Crippen molar-refractivity contribution in [1.29, 1.82) is 0 Å². The zero-order chi connectivity index (χ0) is 14.7. The van der Waals surface area contributed by atoms with Crippen LogP contribution in [0.4, 0.5) is 4.39 Å². The van der Waals surface area contributed by atoms with Gasteiger partial charge in [0.05, 0.1) is 11.1 Å². The van der Waals surface area contributed by atoms with E-state index in [0.29, 0.717) is 16.9 Å². The average Bonchev–Trinajstić information content (AvgIpc) is 2.68. The first-order valence-corrected chi connectivity index (χ1v) is 7.13. The van der Waals surface area contributed by atoms with Crippen LogP contribution >= 0.6 is 0 Å². The van der Waals surface area contributed by atoms with Crippen molar-refractivity contribution in [3.63, 3.8) is 0 Å². The summed E-state index contributed by atoms with van der Waals surface area (Å²) in [6, 6.07) is 4.71. The van der Waals surface area contributed by atoms with Gasteiger partial charge in [0, 0.05) is 35.1 Å². The summed E-state index contributed by atoms with van der Waals surface area (Å²) in [5.74, 6) is -1.43. The lowest BCUT2D eigenvalue weighted by Crippen LogP contribution is -2.35. The molecule has 2 unspecified atom stereocenters. The first kappa shape index (κ1) is 12.7. The molecule has 0 radical (unpaired) electrons. The zero-order valence-corrected chi connectivity index (χ0v) is 11.6. The highest BCUT2D eigenvalue weighted by molar-refractivity contribution is 6.04. The number of fused-ring (bicyclic) bond motifs is 5. The van der Waals surface area contributed by atoms with E-state index in [2.05, 4.69) is 9.88 Å². The number of carbonyl (C=O) groups is 1. The van der Waals surface area contributed by atoms with Gasteiger partial charge in [-0.15, -0.1) is 0 Å². The molecule has 0 saturated carbocycles. The molecule has 0 amide bonds. The summed E-state index contributed by atoms with van der Waals surface area (Å²) in [6.45, 7) is 0. The second kappa shape index (κ2) is 4.24. The number of rotatable bonds is 1. The third kappa shape index (κ3) is 1.70. The lowest BCUT2D eigenvalue weighted by Gasteiger charge is -2.33. The van der Waals surface area contributed by atoms with Crippen LogP contribution in [0.1, 0.15) is 40.5 Å². The van der Waals surface area contributed by atoms with Crippen molar-refractivity contribution in [2.24, 2.45) is 0 Å². The molecule has 4 nitrogen and oxygen atoms in total. The van der Waals surface area contributed by atoms with Gasteiger partial charge in [-0.25, -0.2) is 9.18 Å². The average molecular weight is 286 g/mol. The summed E-state index contributed by atoms with van der Waals surface area (Å²) in [5, 5.41) is 10.1. The van der Waals surface area contributed by atoms with Gasteiger partial charge in [-0.2, -0.15) is 0 Å². The Labute approximate surface area is 121 Å². The quantitative estimate of drug-likeness (QED) is 0.876. The Morgan fingerprint density at radius 1 is 1.43 bits per heavy atom. The van der Waals surface area contributed by atoms with Gasteiger partial charge >= 0.3 is 5.97 Å². The van der Waals surface area contributed by atoms with Crippen LogP contribution in [0.5, 0.6) is 0 Å². The van der Waals surface area contributed by atoms with E-state index in [1.165, 1.54) is 12.1 Å². The molecule has 1 aromatic heterocycles. The number of benzene rings is 1. The molecule has 0 spiro atoms. The summed E-state index contributed by atoms with van der Waals surface area (Å²) in [5.41, 5.74) is 2.46. The van der Waals surface area contributed by atoms with Crippen molar-refractivity contribution < 1.29 is 14.3 Å². The Morgan fingerprint density at radius 2 is 2.24 bits per heavy atom. The molecule has 2 aromatic rings.